The first kappa shape index (κ1) is 34.2. The summed E-state index contributed by atoms with van der Waals surface area (Å²) in [6.07, 6.45) is 3.15. The molecule has 49 heavy (non-hydrogen) atoms. The van der Waals surface area contributed by atoms with E-state index in [1.54, 1.807) is 30.0 Å². The van der Waals surface area contributed by atoms with Crippen molar-refractivity contribution in [3.63, 3.8) is 0 Å². The lowest BCUT2D eigenvalue weighted by Crippen LogP contribution is -2.38. The van der Waals surface area contributed by atoms with Gasteiger partial charge >= 0.3 is 0 Å². The minimum atomic E-state index is -0.684. The van der Waals surface area contributed by atoms with Gasteiger partial charge in [0.05, 0.1) is 25.0 Å². The number of thioether (sulfide) groups is 1. The van der Waals surface area contributed by atoms with Gasteiger partial charge in [-0.15, -0.1) is 5.10 Å². The van der Waals surface area contributed by atoms with Crippen LogP contribution in [-0.4, -0.2) is 64.9 Å². The standard InChI is InChI=1S/C36H39ClN6O5S/c1-4-47-30-20-24(16-17-29(30)48-21-31(44)42-18-10-5-11-19-42)33-32(34(45)39-27-14-8-9-15-28(27)46-3)23(2)38-35-40-36(41-43(33)35)49-22-25-12-6-7-13-26(25)37/h6-9,12-17,20,33H,4-5,10-11,18-19,21-22H2,1-3H3,(H,39,45)(H,38,40,41). The molecular formula is C36H39ClN6O5S. The number of carbonyl (C=O) groups is 2. The van der Waals surface area contributed by atoms with Crippen molar-refractivity contribution in [2.45, 2.75) is 50.1 Å². The third kappa shape index (κ3) is 7.81. The first-order valence-corrected chi connectivity index (χ1v) is 17.6. The highest BCUT2D eigenvalue weighted by Crippen LogP contribution is 2.41. The highest BCUT2D eigenvalue weighted by atomic mass is 35.5. The van der Waals surface area contributed by atoms with Crippen LogP contribution in [0.1, 0.15) is 50.3 Å². The van der Waals surface area contributed by atoms with Crippen molar-refractivity contribution in [1.29, 1.82) is 0 Å². The van der Waals surface area contributed by atoms with Gasteiger partial charge in [0.15, 0.2) is 18.1 Å². The molecule has 1 saturated heterocycles. The van der Waals surface area contributed by atoms with Gasteiger partial charge in [0, 0.05) is 29.6 Å². The molecule has 0 aliphatic carbocycles. The predicted octanol–water partition coefficient (Wildman–Crippen LogP) is 6.95. The predicted molar refractivity (Wildman–Crippen MR) is 191 cm³/mol. The largest absolute Gasteiger partial charge is 0.495 e. The second kappa shape index (κ2) is 15.7. The first-order valence-electron chi connectivity index (χ1n) is 16.3. The van der Waals surface area contributed by atoms with Crippen LogP contribution in [0, 0.1) is 0 Å². The third-order valence-corrected chi connectivity index (χ3v) is 9.65. The summed E-state index contributed by atoms with van der Waals surface area (Å²) in [7, 11) is 1.56. The summed E-state index contributed by atoms with van der Waals surface area (Å²) in [6, 6.07) is 19.7. The Kier molecular flexibility index (Phi) is 10.9. The number of anilines is 2. The SMILES string of the molecule is CCOc1cc(C2C(C(=O)Nc3ccccc3OC)=C(C)Nc3nc(SCc4ccccc4Cl)nn32)ccc1OCC(=O)N1CCCCC1. The Morgan fingerprint density at radius 2 is 1.78 bits per heavy atom. The molecule has 0 radical (unpaired) electrons. The number of hydrogen-bond donors (Lipinski definition) is 2. The molecule has 3 aromatic carbocycles. The van der Waals surface area contributed by atoms with Crippen LogP contribution in [0.3, 0.4) is 0 Å². The minimum absolute atomic E-state index is 0.0486. The number of allylic oxidation sites excluding steroid dienone is 1. The average molecular weight is 703 g/mol. The number of piperidine rings is 1. The number of benzene rings is 3. The Morgan fingerprint density at radius 1 is 1.00 bits per heavy atom. The molecule has 0 saturated carbocycles. The van der Waals surface area contributed by atoms with Crippen LogP contribution in [0.5, 0.6) is 17.2 Å². The van der Waals surface area contributed by atoms with Crippen LogP contribution in [-0.2, 0) is 15.3 Å². The molecule has 1 aromatic heterocycles. The third-order valence-electron chi connectivity index (χ3n) is 8.39. The van der Waals surface area contributed by atoms with Gasteiger partial charge in [0.25, 0.3) is 11.8 Å². The summed E-state index contributed by atoms with van der Waals surface area (Å²) in [5.74, 6) is 2.11. The molecule has 13 heteroatoms. The Balaban J connectivity index is 1.34. The zero-order chi connectivity index (χ0) is 34.3. The summed E-state index contributed by atoms with van der Waals surface area (Å²) in [5.41, 5.74) is 3.27. The number of amides is 2. The number of methoxy groups -OCH3 is 1. The van der Waals surface area contributed by atoms with Crippen LogP contribution in [0.25, 0.3) is 0 Å². The molecule has 1 fully saturated rings. The van der Waals surface area contributed by atoms with E-state index in [9.17, 15) is 9.59 Å². The van der Waals surface area contributed by atoms with E-state index in [0.29, 0.717) is 62.7 Å². The summed E-state index contributed by atoms with van der Waals surface area (Å²) in [4.78, 5) is 33.6. The van der Waals surface area contributed by atoms with Gasteiger partial charge in [-0.3, -0.25) is 9.59 Å². The van der Waals surface area contributed by atoms with Crippen molar-refractivity contribution < 1.29 is 23.8 Å². The summed E-state index contributed by atoms with van der Waals surface area (Å²) in [5, 5.41) is 12.4. The number of carbonyl (C=O) groups excluding carboxylic acids is 2. The topological polar surface area (TPSA) is 120 Å². The minimum Gasteiger partial charge on any atom is -0.495 e. The second-order valence-corrected chi connectivity index (χ2v) is 13.0. The molecule has 1 atom stereocenters. The van der Waals surface area contributed by atoms with Gasteiger partial charge in [-0.25, -0.2) is 4.68 Å². The first-order chi connectivity index (χ1) is 23.9. The van der Waals surface area contributed by atoms with Gasteiger partial charge in [-0.2, -0.15) is 4.98 Å². The Labute approximate surface area is 295 Å². The number of halogens is 1. The van der Waals surface area contributed by atoms with Gasteiger partial charge in [-0.05, 0) is 74.6 Å². The number of nitrogens with one attached hydrogen (secondary N) is 2. The maximum absolute atomic E-state index is 14.2. The molecule has 2 aliphatic rings. The van der Waals surface area contributed by atoms with Gasteiger partial charge < -0.3 is 29.7 Å². The molecular weight excluding hydrogens is 664 g/mol. The van der Waals surface area contributed by atoms with E-state index >= 15 is 0 Å². The molecule has 6 rings (SSSR count). The number of para-hydroxylation sites is 2. The number of hydrogen-bond acceptors (Lipinski definition) is 9. The maximum Gasteiger partial charge on any atom is 0.260 e. The van der Waals surface area contributed by atoms with Crippen molar-refractivity contribution in [2.75, 3.05) is 44.0 Å². The van der Waals surface area contributed by atoms with Crippen molar-refractivity contribution in [3.05, 3.63) is 94.1 Å². The average Bonchev–Trinajstić information content (AvgIpc) is 3.53. The molecule has 2 amide bonds. The maximum atomic E-state index is 14.2. The Bertz CT molecular complexity index is 1860. The lowest BCUT2D eigenvalue weighted by Gasteiger charge is -2.29. The van der Waals surface area contributed by atoms with E-state index in [1.807, 2.05) is 67.3 Å². The molecule has 2 N–H and O–H groups in total. The van der Waals surface area contributed by atoms with Gasteiger partial charge in [-0.1, -0.05) is 59.8 Å². The van der Waals surface area contributed by atoms with Crippen molar-refractivity contribution in [3.8, 4) is 17.2 Å². The normalized spacial score (nSPS) is 15.7. The van der Waals surface area contributed by atoms with Crippen LogP contribution in [0.2, 0.25) is 5.02 Å². The zero-order valence-corrected chi connectivity index (χ0v) is 29.3. The highest BCUT2D eigenvalue weighted by molar-refractivity contribution is 7.98. The van der Waals surface area contributed by atoms with E-state index in [4.69, 9.17) is 35.9 Å². The fourth-order valence-corrected chi connectivity index (χ4v) is 7.06. The Hall–Kier alpha value is -4.68. The van der Waals surface area contributed by atoms with E-state index < -0.39 is 6.04 Å². The van der Waals surface area contributed by atoms with E-state index in [2.05, 4.69) is 10.6 Å². The Morgan fingerprint density at radius 3 is 2.55 bits per heavy atom. The summed E-state index contributed by atoms with van der Waals surface area (Å²) in [6.45, 7) is 5.51. The van der Waals surface area contributed by atoms with Crippen LogP contribution in [0.15, 0.2) is 83.2 Å². The quantitative estimate of drug-likeness (QED) is 0.151. The van der Waals surface area contributed by atoms with Crippen molar-refractivity contribution >= 4 is 46.8 Å². The fourth-order valence-electron chi connectivity index (χ4n) is 5.95. The van der Waals surface area contributed by atoms with E-state index in [1.165, 1.54) is 11.8 Å². The van der Waals surface area contributed by atoms with Crippen LogP contribution in [0.4, 0.5) is 11.6 Å². The smallest absolute Gasteiger partial charge is 0.260 e. The second-order valence-electron chi connectivity index (χ2n) is 11.6. The van der Waals surface area contributed by atoms with Gasteiger partial charge in [0.2, 0.25) is 11.1 Å². The molecule has 0 spiro atoms. The van der Waals surface area contributed by atoms with Crippen molar-refractivity contribution in [1.82, 2.24) is 19.7 Å². The zero-order valence-electron chi connectivity index (χ0n) is 27.7. The molecule has 1 unspecified atom stereocenters. The molecule has 3 heterocycles. The molecule has 2 aliphatic heterocycles. The number of fused-ring (bicyclic) bond motifs is 1. The van der Waals surface area contributed by atoms with Crippen LogP contribution >= 0.6 is 23.4 Å². The molecule has 256 valence electrons. The summed E-state index contributed by atoms with van der Waals surface area (Å²) < 4.78 is 19.3. The van der Waals surface area contributed by atoms with Crippen LogP contribution < -0.4 is 24.8 Å². The monoisotopic (exact) mass is 702 g/mol. The molecule has 11 nitrogen and oxygen atoms in total. The number of rotatable bonds is 12. The number of ether oxygens (including phenoxy) is 3. The number of likely N-dealkylation sites (tertiary alicyclic amines) is 1. The lowest BCUT2D eigenvalue weighted by molar-refractivity contribution is -0.134. The number of aromatic nitrogens is 3. The highest BCUT2D eigenvalue weighted by Gasteiger charge is 2.35. The molecule has 0 bridgehead atoms. The number of nitrogens with zero attached hydrogens (tertiary/aromatic N) is 4. The van der Waals surface area contributed by atoms with E-state index in [0.717, 1.165) is 43.5 Å². The van der Waals surface area contributed by atoms with Crippen molar-refractivity contribution in [2.24, 2.45) is 0 Å². The fraction of sp³-hybridized carbons (Fsp3) is 0.333. The molecule has 4 aromatic rings. The van der Waals surface area contributed by atoms with Gasteiger partial charge in [0.1, 0.15) is 11.8 Å². The lowest BCUT2D eigenvalue weighted by atomic mass is 9.94. The summed E-state index contributed by atoms with van der Waals surface area (Å²) >= 11 is 7.86. The van der Waals surface area contributed by atoms with E-state index in [-0.39, 0.29) is 18.4 Å².